The quantitative estimate of drug-likeness (QED) is 0.723. The molecule has 9 heteroatoms. The Morgan fingerprint density at radius 3 is 3.04 bits per heavy atom. The first-order valence-corrected chi connectivity index (χ1v) is 7.86. The Morgan fingerprint density at radius 2 is 2.22 bits per heavy atom. The van der Waals surface area contributed by atoms with E-state index < -0.39 is 0 Å². The maximum atomic E-state index is 13.1. The molecular weight excluding hydrogens is 298 g/mol. The van der Waals surface area contributed by atoms with Crippen LogP contribution in [0.1, 0.15) is 19.8 Å². The maximum Gasteiger partial charge on any atom is 0.253 e. The molecule has 0 radical (unpaired) electrons. The highest BCUT2D eigenvalue weighted by atomic mass is 16.2. The number of rotatable bonds is 1. The van der Waals surface area contributed by atoms with Crippen molar-refractivity contribution in [2.45, 2.75) is 32.4 Å². The Balaban J connectivity index is 1.64. The number of nitrogens with one attached hydrogen (secondary N) is 1. The van der Waals surface area contributed by atoms with E-state index in [1.807, 2.05) is 23.8 Å². The number of piperidine rings is 1. The van der Waals surface area contributed by atoms with Crippen LogP contribution >= 0.6 is 0 Å². The monoisotopic (exact) mass is 317 g/mol. The van der Waals surface area contributed by atoms with E-state index in [-0.39, 0.29) is 23.8 Å². The van der Waals surface area contributed by atoms with Crippen LogP contribution in [0.5, 0.6) is 0 Å². The van der Waals surface area contributed by atoms with Crippen LogP contribution in [0.25, 0.3) is 0 Å². The molecule has 1 N–H and O–H groups in total. The van der Waals surface area contributed by atoms with Crippen molar-refractivity contribution in [1.82, 2.24) is 30.4 Å². The van der Waals surface area contributed by atoms with Crippen molar-refractivity contribution in [3.8, 4) is 0 Å². The molecular formula is C14H19N7O2. The van der Waals surface area contributed by atoms with E-state index in [4.69, 9.17) is 0 Å². The molecule has 2 atom stereocenters. The molecule has 2 fully saturated rings. The van der Waals surface area contributed by atoms with Crippen LogP contribution in [0.15, 0.2) is 11.3 Å². The lowest BCUT2D eigenvalue weighted by atomic mass is 9.90. The number of aromatic nitrogens is 4. The fourth-order valence-corrected chi connectivity index (χ4v) is 3.76. The summed E-state index contributed by atoms with van der Waals surface area (Å²) in [7, 11) is 1.85. The Bertz CT molecular complexity index is 710. The van der Waals surface area contributed by atoms with Crippen LogP contribution in [0.3, 0.4) is 0 Å². The Hall–Kier alpha value is -2.45. The number of carbonyl (C=O) groups is 2. The maximum absolute atomic E-state index is 13.1. The van der Waals surface area contributed by atoms with Crippen LogP contribution in [0, 0.1) is 5.92 Å². The van der Waals surface area contributed by atoms with Gasteiger partial charge in [-0.1, -0.05) is 5.10 Å². The summed E-state index contributed by atoms with van der Waals surface area (Å²) < 4.78 is 1.62. The van der Waals surface area contributed by atoms with E-state index in [1.54, 1.807) is 4.68 Å². The highest BCUT2D eigenvalue weighted by Crippen LogP contribution is 2.31. The van der Waals surface area contributed by atoms with Gasteiger partial charge in [0.05, 0.1) is 24.1 Å². The predicted octanol–water partition coefficient (Wildman–Crippen LogP) is -0.866. The number of fused-ring (bicyclic) bond motifs is 2. The molecule has 0 bridgehead atoms. The van der Waals surface area contributed by atoms with E-state index in [9.17, 15) is 9.59 Å². The van der Waals surface area contributed by atoms with Gasteiger partial charge in [-0.2, -0.15) is 0 Å². The topological polar surface area (TPSA) is 96.2 Å². The Kier molecular flexibility index (Phi) is 3.10. The van der Waals surface area contributed by atoms with Crippen molar-refractivity contribution in [2.75, 3.05) is 25.0 Å². The lowest BCUT2D eigenvalue weighted by molar-refractivity contribution is -0.133. The number of tetrazole rings is 1. The van der Waals surface area contributed by atoms with Gasteiger partial charge in [0, 0.05) is 25.8 Å². The molecule has 2 amide bonds. The summed E-state index contributed by atoms with van der Waals surface area (Å²) in [5.74, 6) is 0.621. The average molecular weight is 317 g/mol. The number of hydrogen-bond acceptors (Lipinski definition) is 6. The van der Waals surface area contributed by atoms with Crippen molar-refractivity contribution in [1.29, 1.82) is 0 Å². The average Bonchev–Trinajstić information content (AvgIpc) is 3.17. The third kappa shape index (κ3) is 2.02. The fourth-order valence-electron chi connectivity index (χ4n) is 3.76. The van der Waals surface area contributed by atoms with Gasteiger partial charge >= 0.3 is 0 Å². The molecule has 0 saturated carbocycles. The molecule has 3 aliphatic heterocycles. The first kappa shape index (κ1) is 14.2. The molecule has 1 aromatic rings. The second-order valence-corrected chi connectivity index (χ2v) is 6.32. The van der Waals surface area contributed by atoms with Gasteiger partial charge < -0.3 is 15.1 Å². The van der Waals surface area contributed by atoms with E-state index in [1.165, 1.54) is 0 Å². The van der Waals surface area contributed by atoms with Crippen molar-refractivity contribution in [3.05, 3.63) is 11.3 Å². The number of anilines is 1. The SMILES string of the molecule is CC1=C(C(=O)N2CCC[C@H]3C(=O)NC[C@H]32)Cn2nnnc2N1C. The zero-order valence-corrected chi connectivity index (χ0v) is 13.2. The molecule has 0 aromatic carbocycles. The number of allylic oxidation sites excluding steroid dienone is 1. The second kappa shape index (κ2) is 5.04. The lowest BCUT2D eigenvalue weighted by Crippen LogP contribution is -2.50. The number of amides is 2. The molecule has 0 aliphatic carbocycles. The fraction of sp³-hybridized carbons (Fsp3) is 0.643. The smallest absolute Gasteiger partial charge is 0.253 e. The molecule has 4 heterocycles. The standard InChI is InChI=1S/C14H19N7O2/c1-8-10(7-21-14(19(8)2)16-17-18-21)13(23)20-5-3-4-9-11(20)6-15-12(9)22/h9,11H,3-7H2,1-2H3,(H,15,22)/t9-,11-/m1/s1. The van der Waals surface area contributed by atoms with E-state index >= 15 is 0 Å². The number of nitrogens with zero attached hydrogens (tertiary/aromatic N) is 6. The first-order valence-electron chi connectivity index (χ1n) is 7.86. The van der Waals surface area contributed by atoms with Crippen LogP contribution < -0.4 is 10.2 Å². The van der Waals surface area contributed by atoms with E-state index in [0.29, 0.717) is 31.2 Å². The van der Waals surface area contributed by atoms with Crippen LogP contribution in [0.4, 0.5) is 5.95 Å². The molecule has 2 saturated heterocycles. The molecule has 9 nitrogen and oxygen atoms in total. The summed E-state index contributed by atoms with van der Waals surface area (Å²) in [5, 5.41) is 14.5. The van der Waals surface area contributed by atoms with Crippen LogP contribution in [-0.2, 0) is 16.1 Å². The number of carbonyl (C=O) groups excluding carboxylic acids is 2. The van der Waals surface area contributed by atoms with Crippen molar-refractivity contribution in [2.24, 2.45) is 5.92 Å². The van der Waals surface area contributed by atoms with Gasteiger partial charge in [0.1, 0.15) is 0 Å². The molecule has 4 rings (SSSR count). The minimum absolute atomic E-state index is 0.0123. The third-order valence-electron chi connectivity index (χ3n) is 5.18. The Morgan fingerprint density at radius 1 is 1.39 bits per heavy atom. The minimum atomic E-state index is -0.0708. The summed E-state index contributed by atoms with van der Waals surface area (Å²) in [5.41, 5.74) is 1.55. The van der Waals surface area contributed by atoms with Crippen LogP contribution in [0.2, 0.25) is 0 Å². The normalized spacial score (nSPS) is 27.0. The first-order chi connectivity index (χ1) is 11.1. The van der Waals surface area contributed by atoms with Crippen LogP contribution in [-0.4, -0.2) is 63.1 Å². The zero-order valence-electron chi connectivity index (χ0n) is 13.2. The summed E-state index contributed by atoms with van der Waals surface area (Å²) >= 11 is 0. The highest BCUT2D eigenvalue weighted by Gasteiger charge is 2.43. The molecule has 1 aromatic heterocycles. The lowest BCUT2D eigenvalue weighted by Gasteiger charge is -2.38. The van der Waals surface area contributed by atoms with Crippen molar-refractivity contribution < 1.29 is 9.59 Å². The van der Waals surface area contributed by atoms with Crippen molar-refractivity contribution in [3.63, 3.8) is 0 Å². The summed E-state index contributed by atoms with van der Waals surface area (Å²) in [6.07, 6.45) is 1.72. The molecule has 3 aliphatic rings. The second-order valence-electron chi connectivity index (χ2n) is 6.32. The summed E-state index contributed by atoms with van der Waals surface area (Å²) in [4.78, 5) is 28.7. The zero-order chi connectivity index (χ0) is 16.1. The van der Waals surface area contributed by atoms with Gasteiger partial charge in [-0.3, -0.25) is 9.59 Å². The summed E-state index contributed by atoms with van der Waals surface area (Å²) in [6, 6.07) is -0.0374. The Labute approximate surface area is 133 Å². The minimum Gasteiger partial charge on any atom is -0.354 e. The number of hydrogen-bond donors (Lipinski definition) is 1. The molecule has 23 heavy (non-hydrogen) atoms. The molecule has 0 unspecified atom stereocenters. The predicted molar refractivity (Wildman–Crippen MR) is 80.2 cm³/mol. The van der Waals surface area contributed by atoms with Gasteiger partial charge in [-0.25, -0.2) is 4.68 Å². The highest BCUT2D eigenvalue weighted by molar-refractivity contribution is 5.96. The number of likely N-dealkylation sites (tertiary alicyclic amines) is 1. The van der Waals surface area contributed by atoms with Crippen molar-refractivity contribution >= 4 is 17.8 Å². The van der Waals surface area contributed by atoms with Gasteiger partial charge in [0.15, 0.2) is 0 Å². The van der Waals surface area contributed by atoms with Gasteiger partial charge in [-0.15, -0.1) is 0 Å². The van der Waals surface area contributed by atoms with E-state index in [2.05, 4.69) is 20.8 Å². The largest absolute Gasteiger partial charge is 0.354 e. The van der Waals surface area contributed by atoms with Gasteiger partial charge in [0.25, 0.3) is 5.91 Å². The molecule has 0 spiro atoms. The summed E-state index contributed by atoms with van der Waals surface area (Å²) in [6.45, 7) is 3.52. The molecule has 122 valence electrons. The third-order valence-corrected chi connectivity index (χ3v) is 5.18. The van der Waals surface area contributed by atoms with Gasteiger partial charge in [-0.05, 0) is 30.2 Å². The van der Waals surface area contributed by atoms with Gasteiger partial charge in [0.2, 0.25) is 11.9 Å². The van der Waals surface area contributed by atoms with E-state index in [0.717, 1.165) is 18.5 Å².